The molecule has 83 heteroatoms. The Morgan fingerprint density at radius 2 is 0.207 bits per heavy atom. The summed E-state index contributed by atoms with van der Waals surface area (Å²) in [6.07, 6.45) is 0.231. The van der Waals surface area contributed by atoms with Gasteiger partial charge >= 0.3 is 226 Å². The molecule has 0 bridgehead atoms. The number of ether oxygens (including phenoxy) is 4. The first-order valence-electron chi connectivity index (χ1n) is 45.4. The van der Waals surface area contributed by atoms with Crippen LogP contribution in [-0.2, 0) is 247 Å². The Morgan fingerprint density at radius 1 is 0.138 bits per heavy atom. The Bertz CT molecular complexity index is 3500. The lowest BCUT2D eigenvalue weighted by atomic mass is 11.1. The van der Waals surface area contributed by atoms with Crippen LogP contribution in [0.2, 0.25) is 354 Å². The Morgan fingerprint density at radius 3 is 0.276 bits per heavy atom. The van der Waals surface area contributed by atoms with Crippen LogP contribution in [0.25, 0.3) is 0 Å². The molecule has 0 unspecified atom stereocenters. The third-order valence-electron chi connectivity index (χ3n) is 13.1. The van der Waals surface area contributed by atoms with Crippen molar-refractivity contribution in [2.24, 2.45) is 0 Å². The molecule has 0 atom stereocenters. The zero-order valence-corrected chi connectivity index (χ0v) is 122. The zero-order valence-electron chi connectivity index (χ0n) is 95.3. The Hall–Kier alpha value is 1.88. The van der Waals surface area contributed by atoms with Gasteiger partial charge in [0.1, 0.15) is 12.5 Å². The van der Waals surface area contributed by atoms with Crippen molar-refractivity contribution in [3.8, 4) is 0 Å². The molecule has 0 saturated heterocycles. The highest BCUT2D eigenvalue weighted by Gasteiger charge is 2.53. The average Bonchev–Trinajstić information content (AvgIpc) is 0.837. The number of carbonyl (C=O) groups is 2. The molecule has 0 spiro atoms. The minimum absolute atomic E-state index is 0.0188. The molecule has 0 fully saturated rings. The van der Waals surface area contributed by atoms with Gasteiger partial charge in [0.25, 0.3) is 0 Å². The van der Waals surface area contributed by atoms with E-state index in [1.807, 2.05) is 26.2 Å². The normalized spacial score (nSPS) is 15.0. The van der Waals surface area contributed by atoms with Gasteiger partial charge in [-0.1, -0.05) is 13.2 Å². The monoisotopic (exact) mass is 2570 g/mol. The van der Waals surface area contributed by atoms with Crippen molar-refractivity contribution in [2.75, 3.05) is 12.5 Å². The molecule has 0 rings (SSSR count). The highest BCUT2D eigenvalue weighted by molar-refractivity contribution is 6.84. The number of carbonyl (C=O) groups excluding carboxylic acids is 2. The standard InChI is InChI=1S/C62H172O56Si27/c1-57-65-61(63)67-59-119(3,4)117-144(53,54)115-113-142(49,50)111-109-140(45,46)107-105-138(41,42)103-101-136(37,38)99-97-134(33,34)95-93-132(29,30)91-89-130(25,26)87-85-128(21,22)83-81-126(17,18)79-77-124(13,14)75-73-122(9,10)71-69-121(7,8)70-72-123(11,12)74-76-125(15,16)78-80-127(19,20)82-84-129(23,24)86-88-131(27,28)90-92-133(31,32)94-96-135(35,36)98-100-137(39,40)102-104-139(43,44)106-108-141(47,48)110-112-143(51,52)114-116-145(55,56)118-120(5,6)60-68-62(64)66-58-2/h57-58H,1-2,59-60H2,3-56H3. The fourth-order valence-electron chi connectivity index (χ4n) is 7.23. The van der Waals surface area contributed by atoms with Crippen LogP contribution < -0.4 is 0 Å². The summed E-state index contributed by atoms with van der Waals surface area (Å²) < 4.78 is 309. The molecule has 0 heterocycles. The summed E-state index contributed by atoms with van der Waals surface area (Å²) in [7, 11) is -84.8. The van der Waals surface area contributed by atoms with E-state index in [9.17, 15) is 9.59 Å². The third-order valence-corrected chi connectivity index (χ3v) is 50.4. The topological polar surface area (TPSA) is 533 Å². The van der Waals surface area contributed by atoms with Gasteiger partial charge in [-0.25, -0.2) is 9.59 Å². The van der Waals surface area contributed by atoms with Crippen molar-refractivity contribution in [2.45, 2.75) is 354 Å². The maximum atomic E-state index is 11.7. The molecule has 0 aromatic carbocycles. The fourth-order valence-corrected chi connectivity index (χ4v) is 58.7. The summed E-state index contributed by atoms with van der Waals surface area (Å²) in [5, 5.41) is 0. The number of hydrogen-bond donors (Lipinski definition) is 0. The van der Waals surface area contributed by atoms with Crippen LogP contribution in [-0.4, -0.2) is 255 Å². The molecule has 864 valence electrons. The van der Waals surface area contributed by atoms with Gasteiger partial charge in [-0.3, -0.25) is 220 Å². The van der Waals surface area contributed by atoms with Gasteiger partial charge in [-0.15, -0.1) is 0 Å². The quantitative estimate of drug-likeness (QED) is 0.0179. The van der Waals surface area contributed by atoms with Crippen LogP contribution in [0.5, 0.6) is 0 Å². The molecule has 0 aliphatic rings. The van der Waals surface area contributed by atoms with E-state index in [1.54, 1.807) is 327 Å². The van der Waals surface area contributed by atoms with Gasteiger partial charge in [-0.2, -0.15) is 0 Å². The summed E-state index contributed by atoms with van der Waals surface area (Å²) in [5.74, 6) is 0. The van der Waals surface area contributed by atoms with E-state index in [0.29, 0.717) is 0 Å². The molecule has 0 radical (unpaired) electrons. The average molecular weight is 2570 g/mol. The Labute approximate surface area is 884 Å². The maximum absolute atomic E-state index is 11.7. The molecular formula is C62H172O56Si27. The van der Waals surface area contributed by atoms with E-state index < -0.39 is 243 Å². The van der Waals surface area contributed by atoms with Crippen LogP contribution in [0.1, 0.15) is 0 Å². The van der Waals surface area contributed by atoms with Crippen molar-refractivity contribution in [1.29, 1.82) is 0 Å². The number of hydrogen-bond acceptors (Lipinski definition) is 56. The summed E-state index contributed by atoms with van der Waals surface area (Å²) in [5.41, 5.74) is 0. The molecule has 0 amide bonds. The maximum Gasteiger partial charge on any atom is 0.513 e. The Balaban J connectivity index is 5.08. The molecule has 0 saturated carbocycles. The van der Waals surface area contributed by atoms with Crippen molar-refractivity contribution in [3.63, 3.8) is 0 Å². The Kier molecular flexibility index (Phi) is 59.7. The second-order valence-corrected chi connectivity index (χ2v) is 132. The predicted octanol–water partition coefficient (Wildman–Crippen LogP) is 19.4. The highest BCUT2D eigenvalue weighted by Crippen LogP contribution is 2.33. The first kappa shape index (κ1) is 147. The molecule has 0 N–H and O–H groups in total. The summed E-state index contributed by atoms with van der Waals surface area (Å²) in [6.45, 7) is 98.4. The first-order chi connectivity index (χ1) is 64.3. The summed E-state index contributed by atoms with van der Waals surface area (Å²) >= 11 is 0. The lowest BCUT2D eigenvalue weighted by molar-refractivity contribution is -0.286. The van der Waals surface area contributed by atoms with Gasteiger partial charge in [0, 0.05) is 0 Å². The zero-order chi connectivity index (χ0) is 114. The van der Waals surface area contributed by atoms with Gasteiger partial charge < -0.3 is 27.2 Å². The van der Waals surface area contributed by atoms with E-state index >= 15 is 0 Å². The molecule has 0 aromatic rings. The minimum Gasteiger partial charge on any atom is -0.435 e. The van der Waals surface area contributed by atoms with Crippen LogP contribution in [0.3, 0.4) is 0 Å². The summed E-state index contributed by atoms with van der Waals surface area (Å²) in [6, 6.07) is 0. The molecule has 0 aromatic heterocycles. The van der Waals surface area contributed by atoms with Crippen LogP contribution in [0.15, 0.2) is 25.7 Å². The van der Waals surface area contributed by atoms with Gasteiger partial charge in [0.05, 0.1) is 12.5 Å². The molecule has 0 aliphatic heterocycles. The van der Waals surface area contributed by atoms with E-state index in [4.69, 9.17) is 237 Å². The van der Waals surface area contributed by atoms with E-state index in [1.165, 1.54) is 0 Å². The smallest absolute Gasteiger partial charge is 0.435 e. The fraction of sp³-hybridized carbons (Fsp3) is 0.903. The van der Waals surface area contributed by atoms with E-state index in [-0.39, 0.29) is 12.5 Å². The molecule has 145 heavy (non-hydrogen) atoms. The lowest BCUT2D eigenvalue weighted by Crippen LogP contribution is -2.52. The minimum atomic E-state index is -3.25. The molecule has 56 nitrogen and oxygen atoms in total. The second-order valence-electron chi connectivity index (χ2n) is 44.4. The molecular weight excluding hydrogens is 2400 g/mol. The van der Waals surface area contributed by atoms with Crippen molar-refractivity contribution >= 4 is 243 Å². The first-order valence-corrected chi connectivity index (χ1v) is 122. The molecule has 0 aliphatic carbocycles. The SMILES string of the molecule is C=COC(=O)OC[Si](C)(C)O[Si](C)(C)OO[Si](C)(C)OO[Si](C)(C)OO[Si](C)(C)OO[Si](C)(C)OO[Si](C)(C)OO[Si](C)(C)OO[Si](C)(C)OO[Si](C)(C)OO[Si](C)(C)OO[Si](C)(C)OO[Si](C)(C)OO[Si](C)(C)OO[Si](C)(C)OO[Si](C)(C)OO[Si](C)(C)OO[Si](C)(C)OO[Si](C)(C)OO[Si](C)(C)OO[Si](C)(C)OO[Si](C)(C)OO[Si](C)(C)OO[Si](C)(C)OO[Si](C)(C)OO[Si](C)(C)O[Si](C)(C)COC(=O)OC=C. The van der Waals surface area contributed by atoms with Crippen LogP contribution in [0, 0.1) is 0 Å². The van der Waals surface area contributed by atoms with Gasteiger partial charge in [-0.05, 0) is 354 Å². The van der Waals surface area contributed by atoms with Crippen molar-refractivity contribution < 1.29 is 256 Å². The predicted molar refractivity (Wildman–Crippen MR) is 572 cm³/mol. The second kappa shape index (κ2) is 59.0. The van der Waals surface area contributed by atoms with Crippen molar-refractivity contribution in [3.05, 3.63) is 25.7 Å². The highest BCUT2D eigenvalue weighted by atomic mass is 28.5. The van der Waals surface area contributed by atoms with E-state index in [0.717, 1.165) is 12.5 Å². The van der Waals surface area contributed by atoms with Crippen LogP contribution >= 0.6 is 0 Å². The van der Waals surface area contributed by atoms with Gasteiger partial charge in [0.2, 0.25) is 16.6 Å². The van der Waals surface area contributed by atoms with Crippen molar-refractivity contribution in [1.82, 2.24) is 0 Å². The van der Waals surface area contributed by atoms with E-state index in [2.05, 4.69) is 22.6 Å². The summed E-state index contributed by atoms with van der Waals surface area (Å²) in [4.78, 5) is 23.3. The van der Waals surface area contributed by atoms with Crippen LogP contribution in [0.4, 0.5) is 9.59 Å². The number of rotatable bonds is 82. The third kappa shape index (κ3) is 75.6. The largest absolute Gasteiger partial charge is 0.513 e. The lowest BCUT2D eigenvalue weighted by Gasteiger charge is -2.34. The van der Waals surface area contributed by atoms with Gasteiger partial charge in [0.15, 0.2) is 0 Å².